The Hall–Kier alpha value is -1.80. The molecule has 0 saturated heterocycles. The van der Waals surface area contributed by atoms with Crippen molar-refractivity contribution < 1.29 is 5.11 Å². The lowest BCUT2D eigenvalue weighted by molar-refractivity contribution is 0.453. The number of benzene rings is 2. The largest absolute Gasteiger partial charge is 0.508 e. The highest BCUT2D eigenvalue weighted by Gasteiger charge is 2.13. The summed E-state index contributed by atoms with van der Waals surface area (Å²) in [6.07, 6.45) is 1.02. The Balaban J connectivity index is 2.09. The Kier molecular flexibility index (Phi) is 4.58. The maximum absolute atomic E-state index is 9.35. The highest BCUT2D eigenvalue weighted by atomic mass is 16.3. The minimum Gasteiger partial charge on any atom is -0.508 e. The Bertz CT molecular complexity index is 492. The molecule has 2 atom stereocenters. The topological polar surface area (TPSA) is 32.3 Å². The highest BCUT2D eigenvalue weighted by Crippen LogP contribution is 2.23. The fraction of sp³-hybridized carbons (Fsp3) is 0.294. The number of rotatable bonds is 5. The van der Waals surface area contributed by atoms with E-state index in [9.17, 15) is 5.11 Å². The van der Waals surface area contributed by atoms with Crippen molar-refractivity contribution in [2.75, 3.05) is 0 Å². The van der Waals surface area contributed by atoms with E-state index >= 15 is 0 Å². The first-order chi connectivity index (χ1) is 9.20. The molecule has 0 radical (unpaired) electrons. The van der Waals surface area contributed by atoms with E-state index in [0.29, 0.717) is 17.8 Å². The smallest absolute Gasteiger partial charge is 0.115 e. The first kappa shape index (κ1) is 13.6. The zero-order valence-corrected chi connectivity index (χ0v) is 11.5. The van der Waals surface area contributed by atoms with Gasteiger partial charge in [0, 0.05) is 12.1 Å². The molecule has 2 aromatic carbocycles. The van der Waals surface area contributed by atoms with Crippen LogP contribution in [0.4, 0.5) is 0 Å². The summed E-state index contributed by atoms with van der Waals surface area (Å²) in [5.41, 5.74) is 2.50. The zero-order valence-electron chi connectivity index (χ0n) is 11.5. The van der Waals surface area contributed by atoms with Crippen molar-refractivity contribution in [1.29, 1.82) is 0 Å². The molecule has 0 bridgehead atoms. The predicted octanol–water partition coefficient (Wildman–Crippen LogP) is 4.19. The molecule has 2 aromatic rings. The van der Waals surface area contributed by atoms with Gasteiger partial charge in [-0.25, -0.2) is 0 Å². The molecule has 100 valence electrons. The third-order valence-corrected chi connectivity index (χ3v) is 3.45. The average molecular weight is 255 g/mol. The molecule has 0 amide bonds. The van der Waals surface area contributed by atoms with Crippen LogP contribution in [0.1, 0.15) is 43.5 Å². The molecule has 0 aromatic heterocycles. The van der Waals surface area contributed by atoms with E-state index in [0.717, 1.165) is 6.42 Å². The van der Waals surface area contributed by atoms with Gasteiger partial charge in [0.2, 0.25) is 0 Å². The fourth-order valence-electron chi connectivity index (χ4n) is 2.30. The molecular weight excluding hydrogens is 234 g/mol. The summed E-state index contributed by atoms with van der Waals surface area (Å²) in [5.74, 6) is 0.315. The first-order valence-corrected chi connectivity index (χ1v) is 6.80. The van der Waals surface area contributed by atoms with E-state index in [4.69, 9.17) is 0 Å². The number of phenols is 1. The van der Waals surface area contributed by atoms with Crippen LogP contribution >= 0.6 is 0 Å². The van der Waals surface area contributed by atoms with Gasteiger partial charge in [-0.3, -0.25) is 0 Å². The van der Waals surface area contributed by atoms with Gasteiger partial charge >= 0.3 is 0 Å². The Morgan fingerprint density at radius 3 is 2.16 bits per heavy atom. The summed E-state index contributed by atoms with van der Waals surface area (Å²) in [5, 5.41) is 13.0. The van der Waals surface area contributed by atoms with Crippen molar-refractivity contribution >= 4 is 0 Å². The van der Waals surface area contributed by atoms with Gasteiger partial charge in [-0.05, 0) is 36.6 Å². The molecule has 0 aliphatic carbocycles. The molecule has 2 unspecified atom stereocenters. The van der Waals surface area contributed by atoms with Crippen molar-refractivity contribution in [1.82, 2.24) is 5.32 Å². The van der Waals surface area contributed by atoms with E-state index in [1.165, 1.54) is 11.1 Å². The Morgan fingerprint density at radius 2 is 1.58 bits per heavy atom. The van der Waals surface area contributed by atoms with Gasteiger partial charge in [0.05, 0.1) is 0 Å². The monoisotopic (exact) mass is 255 g/mol. The second kappa shape index (κ2) is 6.39. The molecule has 19 heavy (non-hydrogen) atoms. The van der Waals surface area contributed by atoms with Crippen molar-refractivity contribution in [2.45, 2.75) is 32.4 Å². The quantitative estimate of drug-likeness (QED) is 0.839. The van der Waals surface area contributed by atoms with Crippen LogP contribution in [0.25, 0.3) is 0 Å². The third kappa shape index (κ3) is 3.58. The lowest BCUT2D eigenvalue weighted by Crippen LogP contribution is -2.24. The van der Waals surface area contributed by atoms with Crippen LogP contribution in [-0.2, 0) is 0 Å². The zero-order chi connectivity index (χ0) is 13.7. The van der Waals surface area contributed by atoms with E-state index in [2.05, 4.69) is 43.4 Å². The van der Waals surface area contributed by atoms with Crippen LogP contribution < -0.4 is 5.32 Å². The Morgan fingerprint density at radius 1 is 0.947 bits per heavy atom. The van der Waals surface area contributed by atoms with Gasteiger partial charge in [0.15, 0.2) is 0 Å². The highest BCUT2D eigenvalue weighted by molar-refractivity contribution is 5.28. The van der Waals surface area contributed by atoms with Crippen molar-refractivity contribution in [3.8, 4) is 5.75 Å². The summed E-state index contributed by atoms with van der Waals surface area (Å²) in [6, 6.07) is 18.5. The fourth-order valence-corrected chi connectivity index (χ4v) is 2.30. The minimum atomic E-state index is 0.302. The summed E-state index contributed by atoms with van der Waals surface area (Å²) < 4.78 is 0. The molecule has 2 nitrogen and oxygen atoms in total. The van der Waals surface area contributed by atoms with Gasteiger partial charge in [-0.1, -0.05) is 49.4 Å². The average Bonchev–Trinajstić information content (AvgIpc) is 2.46. The normalized spacial score (nSPS) is 14.0. The lowest BCUT2D eigenvalue weighted by atomic mass is 10.0. The van der Waals surface area contributed by atoms with Gasteiger partial charge in [0.25, 0.3) is 0 Å². The SMILES string of the molecule is CCC(NC(C)c1ccccc1)c1ccc(O)cc1. The molecule has 0 aliphatic heterocycles. The summed E-state index contributed by atoms with van der Waals surface area (Å²) in [4.78, 5) is 0. The first-order valence-electron chi connectivity index (χ1n) is 6.80. The molecule has 2 N–H and O–H groups in total. The van der Waals surface area contributed by atoms with Gasteiger partial charge in [-0.15, -0.1) is 0 Å². The summed E-state index contributed by atoms with van der Waals surface area (Å²) in [6.45, 7) is 4.35. The van der Waals surface area contributed by atoms with Crippen molar-refractivity contribution in [2.24, 2.45) is 0 Å². The summed E-state index contributed by atoms with van der Waals surface area (Å²) >= 11 is 0. The van der Waals surface area contributed by atoms with Gasteiger partial charge in [-0.2, -0.15) is 0 Å². The van der Waals surface area contributed by atoms with Crippen LogP contribution in [0.3, 0.4) is 0 Å². The standard InChI is InChI=1S/C17H21NO/c1-3-17(15-9-11-16(19)12-10-15)18-13(2)14-7-5-4-6-8-14/h4-13,17-19H,3H2,1-2H3. The number of phenolic OH excluding ortho intramolecular Hbond substituents is 1. The van der Waals surface area contributed by atoms with Crippen LogP contribution in [-0.4, -0.2) is 5.11 Å². The van der Waals surface area contributed by atoms with Crippen molar-refractivity contribution in [3.63, 3.8) is 0 Å². The second-order valence-corrected chi connectivity index (χ2v) is 4.85. The molecule has 0 aliphatic rings. The molecule has 0 saturated carbocycles. The van der Waals surface area contributed by atoms with Crippen LogP contribution in [0.15, 0.2) is 54.6 Å². The van der Waals surface area contributed by atoms with Crippen LogP contribution in [0.2, 0.25) is 0 Å². The molecule has 2 rings (SSSR count). The second-order valence-electron chi connectivity index (χ2n) is 4.85. The molecule has 0 spiro atoms. The van der Waals surface area contributed by atoms with E-state index < -0.39 is 0 Å². The van der Waals surface area contributed by atoms with Gasteiger partial charge in [0.1, 0.15) is 5.75 Å². The molecular formula is C17H21NO. The molecule has 2 heteroatoms. The number of nitrogens with one attached hydrogen (secondary N) is 1. The van der Waals surface area contributed by atoms with E-state index in [1.54, 1.807) is 12.1 Å². The van der Waals surface area contributed by atoms with Crippen LogP contribution in [0.5, 0.6) is 5.75 Å². The molecule has 0 fully saturated rings. The lowest BCUT2D eigenvalue weighted by Gasteiger charge is -2.23. The number of hydrogen-bond acceptors (Lipinski definition) is 2. The van der Waals surface area contributed by atoms with Gasteiger partial charge < -0.3 is 10.4 Å². The molecule has 0 heterocycles. The Labute approximate surface area is 115 Å². The number of aromatic hydroxyl groups is 1. The maximum atomic E-state index is 9.35. The van der Waals surface area contributed by atoms with E-state index in [-0.39, 0.29) is 0 Å². The van der Waals surface area contributed by atoms with E-state index in [1.807, 2.05) is 18.2 Å². The van der Waals surface area contributed by atoms with Crippen molar-refractivity contribution in [3.05, 3.63) is 65.7 Å². The third-order valence-electron chi connectivity index (χ3n) is 3.45. The van der Waals surface area contributed by atoms with Crippen LogP contribution in [0, 0.1) is 0 Å². The predicted molar refractivity (Wildman–Crippen MR) is 79.1 cm³/mol. The summed E-state index contributed by atoms with van der Waals surface area (Å²) in [7, 11) is 0. The maximum Gasteiger partial charge on any atom is 0.115 e. The number of hydrogen-bond donors (Lipinski definition) is 2. The minimum absolute atomic E-state index is 0.302.